The molecule has 0 bridgehead atoms. The first kappa shape index (κ1) is 22.8. The van der Waals surface area contributed by atoms with Gasteiger partial charge in [-0.2, -0.15) is 0 Å². The molecular formula is C21H21Br2N2O4P. The lowest BCUT2D eigenvalue weighted by Crippen LogP contribution is -2.26. The van der Waals surface area contributed by atoms with Crippen LogP contribution in [-0.2, 0) is 0 Å². The van der Waals surface area contributed by atoms with Crippen LogP contribution in [0.4, 0.5) is 11.4 Å². The molecule has 1 aromatic heterocycles. The van der Waals surface area contributed by atoms with E-state index in [1.54, 1.807) is 12.1 Å². The molecule has 0 spiro atoms. The maximum Gasteiger partial charge on any atom is 0.269 e. The van der Waals surface area contributed by atoms with Crippen LogP contribution in [-0.4, -0.2) is 10.1 Å². The van der Waals surface area contributed by atoms with Gasteiger partial charge >= 0.3 is 0 Å². The molecule has 0 amide bonds. The Kier molecular flexibility index (Phi) is 6.60. The summed E-state index contributed by atoms with van der Waals surface area (Å²) < 4.78 is 19.5. The van der Waals surface area contributed by atoms with Crippen molar-refractivity contribution < 1.29 is 13.9 Å². The van der Waals surface area contributed by atoms with Gasteiger partial charge in [0.15, 0.2) is 5.50 Å². The molecule has 0 saturated heterocycles. The van der Waals surface area contributed by atoms with E-state index in [0.717, 1.165) is 14.7 Å². The average molecular weight is 556 g/mol. The number of rotatable bonds is 5. The Morgan fingerprint density at radius 3 is 2.23 bits per heavy atom. The van der Waals surface area contributed by atoms with E-state index in [2.05, 4.69) is 52.6 Å². The summed E-state index contributed by atoms with van der Waals surface area (Å²) in [5.74, 6) is 1.40. The summed E-state index contributed by atoms with van der Waals surface area (Å²) in [6, 6.07) is 15.6. The molecule has 30 heavy (non-hydrogen) atoms. The van der Waals surface area contributed by atoms with Crippen molar-refractivity contribution in [2.24, 2.45) is 4.74 Å². The van der Waals surface area contributed by atoms with Gasteiger partial charge in [0.05, 0.1) is 15.1 Å². The third-order valence-corrected chi connectivity index (χ3v) is 9.12. The van der Waals surface area contributed by atoms with Crippen LogP contribution in [0.15, 0.2) is 72.7 Å². The minimum atomic E-state index is -2.79. The van der Waals surface area contributed by atoms with Crippen molar-refractivity contribution in [2.45, 2.75) is 32.9 Å². The third-order valence-electron chi connectivity index (χ3n) is 4.38. The fourth-order valence-corrected chi connectivity index (χ4v) is 6.98. The molecule has 0 aliphatic rings. The molecule has 0 aliphatic carbocycles. The number of nitro benzene ring substituents is 1. The van der Waals surface area contributed by atoms with E-state index in [9.17, 15) is 10.1 Å². The topological polar surface area (TPSA) is 77.9 Å². The zero-order chi connectivity index (χ0) is 22.1. The molecule has 6 nitrogen and oxygen atoms in total. The highest BCUT2D eigenvalue weighted by Gasteiger charge is 2.42. The van der Waals surface area contributed by atoms with E-state index in [1.165, 1.54) is 12.1 Å². The molecule has 1 atom stereocenters. The molecule has 2 aromatic carbocycles. The van der Waals surface area contributed by atoms with Crippen LogP contribution in [0.1, 0.15) is 26.5 Å². The fraction of sp³-hybridized carbons (Fsp3) is 0.238. The Labute approximate surface area is 192 Å². The number of non-ortho nitro benzene ring substituents is 1. The van der Waals surface area contributed by atoms with Crippen LogP contribution in [0.2, 0.25) is 0 Å². The van der Waals surface area contributed by atoms with Gasteiger partial charge in [0, 0.05) is 21.8 Å². The second-order valence-corrected chi connectivity index (χ2v) is 12.8. The zero-order valence-electron chi connectivity index (χ0n) is 16.9. The molecule has 0 fully saturated rings. The summed E-state index contributed by atoms with van der Waals surface area (Å²) in [6.07, 6.45) is 0. The van der Waals surface area contributed by atoms with E-state index in [-0.39, 0.29) is 5.69 Å². The van der Waals surface area contributed by atoms with E-state index in [0.29, 0.717) is 16.9 Å². The van der Waals surface area contributed by atoms with Crippen molar-refractivity contribution in [3.63, 3.8) is 0 Å². The SMILES string of the molecule is Cc1ccc(P(=Nc2ccc([N+](=O)[O-])cc2)(Oc2ccc(Br)cc2Br)C(C)(C)C)o1. The van der Waals surface area contributed by atoms with Crippen LogP contribution in [0.5, 0.6) is 5.75 Å². The predicted molar refractivity (Wildman–Crippen MR) is 127 cm³/mol. The van der Waals surface area contributed by atoms with Gasteiger partial charge in [0.2, 0.25) is 7.28 Å². The Morgan fingerprint density at radius 1 is 1.07 bits per heavy atom. The highest BCUT2D eigenvalue weighted by Crippen LogP contribution is 2.62. The second-order valence-electron chi connectivity index (χ2n) is 7.67. The summed E-state index contributed by atoms with van der Waals surface area (Å²) in [5.41, 5.74) is 1.26. The normalized spacial score (nSPS) is 13.5. The number of aryl methyl sites for hydroxylation is 1. The summed E-state index contributed by atoms with van der Waals surface area (Å²) in [6.45, 7) is 8.04. The molecule has 3 rings (SSSR count). The van der Waals surface area contributed by atoms with Crippen LogP contribution in [0.25, 0.3) is 0 Å². The minimum Gasteiger partial charge on any atom is -0.457 e. The lowest BCUT2D eigenvalue weighted by molar-refractivity contribution is -0.384. The number of hydrogen-bond acceptors (Lipinski definition) is 5. The van der Waals surface area contributed by atoms with Crippen LogP contribution in [0.3, 0.4) is 0 Å². The summed E-state index contributed by atoms with van der Waals surface area (Å²) >= 11 is 7.03. The summed E-state index contributed by atoms with van der Waals surface area (Å²) in [5, 5.41) is 10.6. The predicted octanol–water partition coefficient (Wildman–Crippen LogP) is 7.97. The van der Waals surface area contributed by atoms with Gasteiger partial charge in [-0.15, -0.1) is 0 Å². The van der Waals surface area contributed by atoms with Crippen molar-refractivity contribution >= 4 is 56.0 Å². The van der Waals surface area contributed by atoms with E-state index in [4.69, 9.17) is 13.7 Å². The number of nitro groups is 1. The molecule has 3 aromatic rings. The Bertz CT molecular complexity index is 1130. The first-order valence-corrected chi connectivity index (χ1v) is 12.3. The number of hydrogen-bond donors (Lipinski definition) is 0. The van der Waals surface area contributed by atoms with Crippen molar-refractivity contribution in [3.8, 4) is 5.75 Å². The van der Waals surface area contributed by atoms with Crippen LogP contribution >= 0.6 is 39.1 Å². The van der Waals surface area contributed by atoms with Gasteiger partial charge in [-0.25, -0.2) is 4.74 Å². The average Bonchev–Trinajstić information content (AvgIpc) is 3.09. The van der Waals surface area contributed by atoms with Crippen molar-refractivity contribution in [1.29, 1.82) is 0 Å². The molecule has 9 heteroatoms. The van der Waals surface area contributed by atoms with Crippen molar-refractivity contribution in [1.82, 2.24) is 0 Å². The van der Waals surface area contributed by atoms with Gasteiger partial charge in [0.1, 0.15) is 11.5 Å². The van der Waals surface area contributed by atoms with E-state index < -0.39 is 17.4 Å². The summed E-state index contributed by atoms with van der Waals surface area (Å²) in [4.78, 5) is 10.6. The van der Waals surface area contributed by atoms with Crippen molar-refractivity contribution in [2.75, 3.05) is 0 Å². The van der Waals surface area contributed by atoms with Gasteiger partial charge in [-0.3, -0.25) is 10.1 Å². The van der Waals surface area contributed by atoms with Gasteiger partial charge < -0.3 is 8.94 Å². The molecule has 158 valence electrons. The lowest BCUT2D eigenvalue weighted by atomic mass is 10.3. The summed E-state index contributed by atoms with van der Waals surface area (Å²) in [7, 11) is -2.79. The van der Waals surface area contributed by atoms with Gasteiger partial charge in [0.25, 0.3) is 5.69 Å². The van der Waals surface area contributed by atoms with Crippen LogP contribution in [0, 0.1) is 17.0 Å². The highest BCUT2D eigenvalue weighted by atomic mass is 79.9. The molecule has 0 radical (unpaired) electrons. The molecule has 1 unspecified atom stereocenters. The fourth-order valence-electron chi connectivity index (χ4n) is 2.81. The first-order valence-electron chi connectivity index (χ1n) is 9.10. The quantitative estimate of drug-likeness (QED) is 0.182. The maximum absolute atomic E-state index is 11.0. The standard InChI is InChI=1S/C21H21Br2N2O4P/c1-14-5-12-20(28-14)30(21(2,3)4,29-19-11-6-15(22)13-18(19)23)24-16-7-9-17(10-8-16)25(26)27/h5-13H,1-4H3. The molecular weight excluding hydrogens is 535 g/mol. The maximum atomic E-state index is 11.0. The lowest BCUT2D eigenvalue weighted by Gasteiger charge is -2.35. The number of nitrogens with zero attached hydrogens (tertiary/aromatic N) is 2. The zero-order valence-corrected chi connectivity index (χ0v) is 21.0. The van der Waals surface area contributed by atoms with E-state index >= 15 is 0 Å². The monoisotopic (exact) mass is 554 g/mol. The highest BCUT2D eigenvalue weighted by molar-refractivity contribution is 9.11. The Balaban J connectivity index is 2.26. The largest absolute Gasteiger partial charge is 0.457 e. The smallest absolute Gasteiger partial charge is 0.269 e. The minimum absolute atomic E-state index is 0.0130. The third kappa shape index (κ3) is 4.71. The van der Waals surface area contributed by atoms with E-state index in [1.807, 2.05) is 37.3 Å². The molecule has 1 heterocycles. The number of benzene rings is 2. The second kappa shape index (κ2) is 8.69. The Morgan fingerprint density at radius 2 is 1.73 bits per heavy atom. The Hall–Kier alpha value is -1.89. The molecule has 0 saturated carbocycles. The van der Waals surface area contributed by atoms with Gasteiger partial charge in [-0.1, -0.05) is 36.7 Å². The number of furan rings is 1. The molecule has 0 aliphatic heterocycles. The molecule has 0 N–H and O–H groups in total. The first-order chi connectivity index (χ1) is 14.0. The number of halogens is 2. The van der Waals surface area contributed by atoms with Gasteiger partial charge in [-0.05, 0) is 65.3 Å². The van der Waals surface area contributed by atoms with Crippen LogP contribution < -0.4 is 10.0 Å². The van der Waals surface area contributed by atoms with Crippen molar-refractivity contribution in [3.05, 3.63) is 79.4 Å².